The average Bonchev–Trinajstić information content (AvgIpc) is 2.80. The van der Waals surface area contributed by atoms with Gasteiger partial charge in [0.15, 0.2) is 0 Å². The molecule has 3 aromatic rings. The number of ether oxygens (including phenoxy) is 1. The van der Waals surface area contributed by atoms with Gasteiger partial charge in [-0.15, -0.1) is 0 Å². The molecule has 0 saturated carbocycles. The lowest BCUT2D eigenvalue weighted by Crippen LogP contribution is -2.49. The second kappa shape index (κ2) is 8.97. The largest absolute Gasteiger partial charge is 0.439 e. The lowest BCUT2D eigenvalue weighted by atomic mass is 10.1. The quantitative estimate of drug-likeness (QED) is 0.440. The van der Waals surface area contributed by atoms with E-state index in [-0.39, 0.29) is 11.6 Å². The molecule has 31 heavy (non-hydrogen) atoms. The second-order valence-corrected chi connectivity index (χ2v) is 7.29. The maximum Gasteiger partial charge on any atom is 0.270 e. The van der Waals surface area contributed by atoms with Crippen LogP contribution in [0.15, 0.2) is 60.9 Å². The minimum atomic E-state index is -0.506. The molecule has 2 aromatic carbocycles. The van der Waals surface area contributed by atoms with Crippen LogP contribution in [-0.2, 0) is 0 Å². The summed E-state index contributed by atoms with van der Waals surface area (Å²) in [5.41, 5.74) is 0.210. The number of nitro benzene ring substituents is 1. The zero-order valence-electron chi connectivity index (χ0n) is 16.3. The van der Waals surface area contributed by atoms with E-state index in [0.29, 0.717) is 54.2 Å². The number of nitrogens with zero attached hydrogens (tertiary/aromatic N) is 5. The van der Waals surface area contributed by atoms with Gasteiger partial charge in [0.05, 0.1) is 4.92 Å². The van der Waals surface area contributed by atoms with Gasteiger partial charge in [-0.05, 0) is 30.3 Å². The molecule has 0 aliphatic carbocycles. The van der Waals surface area contributed by atoms with E-state index < -0.39 is 4.92 Å². The highest BCUT2D eigenvalue weighted by Gasteiger charge is 2.24. The number of aromatic nitrogens is 2. The van der Waals surface area contributed by atoms with Crippen molar-refractivity contribution in [3.8, 4) is 11.6 Å². The van der Waals surface area contributed by atoms with Crippen molar-refractivity contribution in [1.82, 2.24) is 14.9 Å². The molecule has 0 spiro atoms. The van der Waals surface area contributed by atoms with Gasteiger partial charge < -0.3 is 14.5 Å². The number of amides is 1. The Bertz CT molecular complexity index is 1100. The SMILES string of the molecule is O=C(c1cccc([N+](=O)[O-])c1)N1CCN(c2cc(Oc3ccc(Cl)cc3)ncn2)CC1. The van der Waals surface area contributed by atoms with Crippen molar-refractivity contribution in [3.05, 3.63) is 81.6 Å². The summed E-state index contributed by atoms with van der Waals surface area (Å²) in [7, 11) is 0. The maximum atomic E-state index is 12.7. The molecule has 10 heteroatoms. The first-order valence-electron chi connectivity index (χ1n) is 9.54. The molecular formula is C21H18ClN5O4. The molecule has 1 aliphatic heterocycles. The van der Waals surface area contributed by atoms with Crippen LogP contribution in [0.25, 0.3) is 0 Å². The highest BCUT2D eigenvalue weighted by Crippen LogP contribution is 2.24. The first-order chi connectivity index (χ1) is 15.0. The van der Waals surface area contributed by atoms with Crippen molar-refractivity contribution in [3.63, 3.8) is 0 Å². The first kappa shape index (κ1) is 20.5. The Morgan fingerprint density at radius 2 is 1.77 bits per heavy atom. The van der Waals surface area contributed by atoms with E-state index in [0.717, 1.165) is 0 Å². The summed E-state index contributed by atoms with van der Waals surface area (Å²) in [5.74, 6) is 1.49. The summed E-state index contributed by atoms with van der Waals surface area (Å²) in [6, 6.07) is 14.5. The number of benzene rings is 2. The Labute approximate surface area is 183 Å². The van der Waals surface area contributed by atoms with Crippen molar-refractivity contribution < 1.29 is 14.5 Å². The molecule has 0 radical (unpaired) electrons. The summed E-state index contributed by atoms with van der Waals surface area (Å²) in [5, 5.41) is 11.6. The number of rotatable bonds is 5. The number of carbonyl (C=O) groups is 1. The first-order valence-corrected chi connectivity index (χ1v) is 9.91. The Kier molecular flexibility index (Phi) is 5.94. The summed E-state index contributed by atoms with van der Waals surface area (Å²) in [6.45, 7) is 2.08. The fourth-order valence-electron chi connectivity index (χ4n) is 3.26. The third-order valence-corrected chi connectivity index (χ3v) is 5.11. The second-order valence-electron chi connectivity index (χ2n) is 6.86. The molecule has 1 saturated heterocycles. The standard InChI is InChI=1S/C21H18ClN5O4/c22-16-4-6-18(7-5-16)31-20-13-19(23-14-24-20)25-8-10-26(11-9-25)21(28)15-2-1-3-17(12-15)27(29)30/h1-7,12-14H,8-11H2. The van der Waals surface area contributed by atoms with E-state index >= 15 is 0 Å². The fraction of sp³-hybridized carbons (Fsp3) is 0.190. The average molecular weight is 440 g/mol. The van der Waals surface area contributed by atoms with Crippen molar-refractivity contribution in [1.29, 1.82) is 0 Å². The molecule has 9 nitrogen and oxygen atoms in total. The smallest absolute Gasteiger partial charge is 0.270 e. The van der Waals surface area contributed by atoms with Crippen LogP contribution in [0.3, 0.4) is 0 Å². The van der Waals surface area contributed by atoms with Gasteiger partial charge in [-0.3, -0.25) is 14.9 Å². The van der Waals surface area contributed by atoms with Crippen molar-refractivity contribution in [2.24, 2.45) is 0 Å². The molecule has 158 valence electrons. The lowest BCUT2D eigenvalue weighted by Gasteiger charge is -2.35. The number of carbonyl (C=O) groups excluding carboxylic acids is 1. The Morgan fingerprint density at radius 1 is 1.03 bits per heavy atom. The minimum Gasteiger partial charge on any atom is -0.439 e. The van der Waals surface area contributed by atoms with E-state index in [9.17, 15) is 14.9 Å². The van der Waals surface area contributed by atoms with Gasteiger partial charge in [0.25, 0.3) is 11.6 Å². The van der Waals surface area contributed by atoms with Crippen LogP contribution in [0.2, 0.25) is 5.02 Å². The number of nitro groups is 1. The molecule has 1 aromatic heterocycles. The molecule has 0 bridgehead atoms. The van der Waals surface area contributed by atoms with Gasteiger partial charge in [0.1, 0.15) is 17.9 Å². The number of piperazine rings is 1. The number of non-ortho nitro benzene ring substituents is 1. The van der Waals surface area contributed by atoms with E-state index in [1.54, 1.807) is 41.3 Å². The summed E-state index contributed by atoms with van der Waals surface area (Å²) < 4.78 is 5.76. The van der Waals surface area contributed by atoms with E-state index in [1.165, 1.54) is 24.5 Å². The summed E-state index contributed by atoms with van der Waals surface area (Å²) >= 11 is 5.89. The molecule has 0 N–H and O–H groups in total. The molecule has 2 heterocycles. The van der Waals surface area contributed by atoms with Gasteiger partial charge in [-0.1, -0.05) is 17.7 Å². The van der Waals surface area contributed by atoms with Crippen LogP contribution < -0.4 is 9.64 Å². The maximum absolute atomic E-state index is 12.7. The number of anilines is 1. The van der Waals surface area contributed by atoms with Gasteiger partial charge in [0.2, 0.25) is 5.88 Å². The van der Waals surface area contributed by atoms with Crippen molar-refractivity contribution in [2.75, 3.05) is 31.1 Å². The van der Waals surface area contributed by atoms with E-state index in [1.807, 2.05) is 4.90 Å². The van der Waals surface area contributed by atoms with Crippen molar-refractivity contribution >= 4 is 29.0 Å². The highest BCUT2D eigenvalue weighted by molar-refractivity contribution is 6.30. The van der Waals surface area contributed by atoms with Gasteiger partial charge in [-0.25, -0.2) is 9.97 Å². The molecule has 4 rings (SSSR count). The fourth-order valence-corrected chi connectivity index (χ4v) is 3.38. The van der Waals surface area contributed by atoms with Crippen LogP contribution >= 0.6 is 11.6 Å². The monoisotopic (exact) mass is 439 g/mol. The molecule has 0 unspecified atom stereocenters. The molecule has 1 amide bonds. The normalized spacial score (nSPS) is 13.7. The number of hydrogen-bond acceptors (Lipinski definition) is 7. The van der Waals surface area contributed by atoms with Crippen molar-refractivity contribution in [2.45, 2.75) is 0 Å². The Morgan fingerprint density at radius 3 is 2.48 bits per heavy atom. The molecular weight excluding hydrogens is 422 g/mol. The zero-order chi connectivity index (χ0) is 21.8. The summed E-state index contributed by atoms with van der Waals surface area (Å²) in [6.07, 6.45) is 1.43. The van der Waals surface area contributed by atoms with E-state index in [4.69, 9.17) is 16.3 Å². The van der Waals surface area contributed by atoms with Gasteiger partial charge in [0, 0.05) is 55.0 Å². The Balaban J connectivity index is 1.39. The third-order valence-electron chi connectivity index (χ3n) is 4.86. The van der Waals surface area contributed by atoms with Gasteiger partial charge >= 0.3 is 0 Å². The van der Waals surface area contributed by atoms with Gasteiger partial charge in [-0.2, -0.15) is 0 Å². The molecule has 0 atom stereocenters. The summed E-state index contributed by atoms with van der Waals surface area (Å²) in [4.78, 5) is 35.4. The van der Waals surface area contributed by atoms with Crippen LogP contribution in [0, 0.1) is 10.1 Å². The van der Waals surface area contributed by atoms with Crippen LogP contribution in [0.5, 0.6) is 11.6 Å². The highest BCUT2D eigenvalue weighted by atomic mass is 35.5. The predicted molar refractivity (Wildman–Crippen MR) is 115 cm³/mol. The Hall–Kier alpha value is -3.72. The zero-order valence-corrected chi connectivity index (χ0v) is 17.1. The van der Waals surface area contributed by atoms with Crippen LogP contribution in [0.1, 0.15) is 10.4 Å². The minimum absolute atomic E-state index is 0.0984. The number of halogens is 1. The predicted octanol–water partition coefficient (Wildman–Crippen LogP) is 3.79. The third kappa shape index (κ3) is 4.89. The van der Waals surface area contributed by atoms with Crippen LogP contribution in [0.4, 0.5) is 11.5 Å². The van der Waals surface area contributed by atoms with E-state index in [2.05, 4.69) is 9.97 Å². The molecule has 1 aliphatic rings. The lowest BCUT2D eigenvalue weighted by molar-refractivity contribution is -0.384. The topological polar surface area (TPSA) is 102 Å². The number of hydrogen-bond donors (Lipinski definition) is 0. The molecule has 1 fully saturated rings. The van der Waals surface area contributed by atoms with Crippen LogP contribution in [-0.4, -0.2) is 51.9 Å².